The first-order valence-electron chi connectivity index (χ1n) is 7.07. The number of fused-ring (bicyclic) bond motifs is 1. The van der Waals surface area contributed by atoms with Crippen molar-refractivity contribution in [3.63, 3.8) is 0 Å². The number of nitrogens with zero attached hydrogens (tertiary/aromatic N) is 1. The Morgan fingerprint density at radius 3 is 2.60 bits per heavy atom. The van der Waals surface area contributed by atoms with Gasteiger partial charge in [0.05, 0.1) is 0 Å². The van der Waals surface area contributed by atoms with Crippen LogP contribution < -0.4 is 5.32 Å². The van der Waals surface area contributed by atoms with Crippen LogP contribution in [0, 0.1) is 0 Å². The van der Waals surface area contributed by atoms with Gasteiger partial charge in [-0.15, -0.1) is 0 Å². The highest BCUT2D eigenvalue weighted by Crippen LogP contribution is 2.24. The average molecular weight is 264 g/mol. The molecule has 0 bridgehead atoms. The van der Waals surface area contributed by atoms with Crippen LogP contribution in [0.1, 0.15) is 24.2 Å². The van der Waals surface area contributed by atoms with Crippen LogP contribution in [0.2, 0.25) is 0 Å². The second-order valence-corrected chi connectivity index (χ2v) is 5.28. The minimum absolute atomic E-state index is 0.330. The maximum atomic E-state index is 3.61. The Labute approximate surface area is 120 Å². The maximum Gasteiger partial charge on any atom is 0.0364 e. The molecule has 0 aliphatic carbocycles. The molecule has 0 saturated carbocycles. The molecule has 2 heteroatoms. The third kappa shape index (κ3) is 2.47. The van der Waals surface area contributed by atoms with E-state index in [0.29, 0.717) is 6.04 Å². The van der Waals surface area contributed by atoms with Gasteiger partial charge in [-0.1, -0.05) is 42.5 Å². The summed E-state index contributed by atoms with van der Waals surface area (Å²) in [7, 11) is 2.08. The molecule has 102 valence electrons. The summed E-state index contributed by atoms with van der Waals surface area (Å²) >= 11 is 0. The van der Waals surface area contributed by atoms with Crippen LogP contribution in [0.5, 0.6) is 0 Å². The van der Waals surface area contributed by atoms with Gasteiger partial charge in [-0.2, -0.15) is 0 Å². The second-order valence-electron chi connectivity index (χ2n) is 5.28. The zero-order chi connectivity index (χ0) is 13.9. The normalized spacial score (nSPS) is 12.7. The monoisotopic (exact) mass is 264 g/mol. The zero-order valence-electron chi connectivity index (χ0n) is 12.0. The van der Waals surface area contributed by atoms with Crippen molar-refractivity contribution in [2.24, 2.45) is 7.05 Å². The fourth-order valence-corrected chi connectivity index (χ4v) is 2.68. The van der Waals surface area contributed by atoms with Gasteiger partial charge in [-0.3, -0.25) is 0 Å². The molecule has 1 heterocycles. The third-order valence-electron chi connectivity index (χ3n) is 3.93. The van der Waals surface area contributed by atoms with Gasteiger partial charge in [-0.25, -0.2) is 0 Å². The molecule has 1 aromatic heterocycles. The molecule has 2 nitrogen and oxygen atoms in total. The fraction of sp³-hybridized carbons (Fsp3) is 0.222. The summed E-state index contributed by atoms with van der Waals surface area (Å²) in [5.41, 5.74) is 2.66. The lowest BCUT2D eigenvalue weighted by Crippen LogP contribution is -2.19. The van der Waals surface area contributed by atoms with Crippen LogP contribution in [0.15, 0.2) is 60.8 Å². The molecule has 1 N–H and O–H groups in total. The van der Waals surface area contributed by atoms with E-state index in [9.17, 15) is 0 Å². The van der Waals surface area contributed by atoms with Crippen LogP contribution in [0.3, 0.4) is 0 Å². The molecular weight excluding hydrogens is 244 g/mol. The van der Waals surface area contributed by atoms with Gasteiger partial charge in [0.15, 0.2) is 0 Å². The summed E-state index contributed by atoms with van der Waals surface area (Å²) in [5, 5.41) is 6.25. The number of aromatic nitrogens is 1. The third-order valence-corrected chi connectivity index (χ3v) is 3.93. The lowest BCUT2D eigenvalue weighted by molar-refractivity contribution is 0.561. The van der Waals surface area contributed by atoms with Gasteiger partial charge >= 0.3 is 0 Å². The van der Waals surface area contributed by atoms with Crippen LogP contribution in [-0.4, -0.2) is 4.57 Å². The van der Waals surface area contributed by atoms with Crippen molar-refractivity contribution in [1.82, 2.24) is 9.88 Å². The Morgan fingerprint density at radius 2 is 1.80 bits per heavy atom. The van der Waals surface area contributed by atoms with Gasteiger partial charge in [0.25, 0.3) is 0 Å². The number of hydrogen-bond acceptors (Lipinski definition) is 1. The van der Waals surface area contributed by atoms with Crippen molar-refractivity contribution in [2.75, 3.05) is 0 Å². The molecule has 0 aliphatic heterocycles. The highest BCUT2D eigenvalue weighted by Gasteiger charge is 2.09. The van der Waals surface area contributed by atoms with Gasteiger partial charge in [-0.05, 0) is 35.4 Å². The average Bonchev–Trinajstić information content (AvgIpc) is 2.89. The molecule has 3 rings (SSSR count). The Morgan fingerprint density at radius 1 is 1.00 bits per heavy atom. The molecule has 0 saturated heterocycles. The molecule has 0 unspecified atom stereocenters. The quantitative estimate of drug-likeness (QED) is 0.753. The number of aryl methyl sites for hydroxylation is 1. The van der Waals surface area contributed by atoms with Crippen LogP contribution in [0.25, 0.3) is 10.8 Å². The van der Waals surface area contributed by atoms with E-state index < -0.39 is 0 Å². The molecule has 0 fully saturated rings. The van der Waals surface area contributed by atoms with Gasteiger partial charge in [0.2, 0.25) is 0 Å². The van der Waals surface area contributed by atoms with Gasteiger partial charge < -0.3 is 9.88 Å². The van der Waals surface area contributed by atoms with E-state index in [1.807, 2.05) is 0 Å². The van der Waals surface area contributed by atoms with Gasteiger partial charge in [0, 0.05) is 31.5 Å². The Hall–Kier alpha value is -2.06. The Bertz CT molecular complexity index is 707. The SMILES string of the molecule is C[C@@H](NCc1cccn1C)c1cccc2ccccc12. The largest absolute Gasteiger partial charge is 0.353 e. The molecule has 20 heavy (non-hydrogen) atoms. The fourth-order valence-electron chi connectivity index (χ4n) is 2.68. The molecule has 0 spiro atoms. The van der Waals surface area contributed by atoms with Crippen molar-refractivity contribution in [2.45, 2.75) is 19.5 Å². The van der Waals surface area contributed by atoms with E-state index in [-0.39, 0.29) is 0 Å². The van der Waals surface area contributed by atoms with E-state index in [1.54, 1.807) is 0 Å². The van der Waals surface area contributed by atoms with Crippen molar-refractivity contribution in [1.29, 1.82) is 0 Å². The van der Waals surface area contributed by atoms with Gasteiger partial charge in [0.1, 0.15) is 0 Å². The lowest BCUT2D eigenvalue weighted by atomic mass is 10.00. The van der Waals surface area contributed by atoms with Crippen molar-refractivity contribution in [3.8, 4) is 0 Å². The number of rotatable bonds is 4. The van der Waals surface area contributed by atoms with Crippen molar-refractivity contribution < 1.29 is 0 Å². The predicted molar refractivity (Wildman–Crippen MR) is 84.6 cm³/mol. The summed E-state index contributed by atoms with van der Waals surface area (Å²) in [6.45, 7) is 3.11. The van der Waals surface area contributed by atoms with E-state index in [0.717, 1.165) is 6.54 Å². The zero-order valence-corrected chi connectivity index (χ0v) is 12.0. The summed E-state index contributed by atoms with van der Waals surface area (Å²) < 4.78 is 2.16. The lowest BCUT2D eigenvalue weighted by Gasteiger charge is -2.17. The minimum Gasteiger partial charge on any atom is -0.353 e. The Balaban J connectivity index is 1.82. The molecule has 3 aromatic rings. The molecule has 0 radical (unpaired) electrons. The van der Waals surface area contributed by atoms with E-state index >= 15 is 0 Å². The summed E-state index contributed by atoms with van der Waals surface area (Å²) in [4.78, 5) is 0. The predicted octanol–water partition coefficient (Wildman–Crippen LogP) is 4.03. The number of benzene rings is 2. The topological polar surface area (TPSA) is 17.0 Å². The van der Waals surface area contributed by atoms with Crippen LogP contribution in [0.4, 0.5) is 0 Å². The first-order valence-corrected chi connectivity index (χ1v) is 7.07. The molecule has 1 atom stereocenters. The van der Waals surface area contributed by atoms with Crippen molar-refractivity contribution in [3.05, 3.63) is 72.1 Å². The number of nitrogens with one attached hydrogen (secondary N) is 1. The second kappa shape index (κ2) is 5.51. The number of hydrogen-bond donors (Lipinski definition) is 1. The highest BCUT2D eigenvalue weighted by molar-refractivity contribution is 5.86. The molecule has 0 aliphatic rings. The van der Waals surface area contributed by atoms with E-state index in [2.05, 4.69) is 84.6 Å². The standard InChI is InChI=1S/C18H20N2/c1-14(19-13-16-9-6-12-20(16)2)17-11-5-8-15-7-3-4-10-18(15)17/h3-12,14,19H,13H2,1-2H3/t14-/m1/s1. The maximum absolute atomic E-state index is 3.61. The highest BCUT2D eigenvalue weighted by atomic mass is 15.0. The molecular formula is C18H20N2. The summed E-state index contributed by atoms with van der Waals surface area (Å²) in [6.07, 6.45) is 2.08. The van der Waals surface area contributed by atoms with E-state index in [1.165, 1.54) is 22.0 Å². The first kappa shape index (κ1) is 12.9. The Kier molecular flexibility index (Phi) is 3.57. The molecule has 0 amide bonds. The first-order chi connectivity index (χ1) is 9.75. The van der Waals surface area contributed by atoms with Crippen molar-refractivity contribution >= 4 is 10.8 Å². The molecule has 2 aromatic carbocycles. The van der Waals surface area contributed by atoms with Crippen LogP contribution in [-0.2, 0) is 13.6 Å². The smallest absolute Gasteiger partial charge is 0.0364 e. The minimum atomic E-state index is 0.330. The van der Waals surface area contributed by atoms with E-state index in [4.69, 9.17) is 0 Å². The van der Waals surface area contributed by atoms with Crippen LogP contribution >= 0.6 is 0 Å². The summed E-state index contributed by atoms with van der Waals surface area (Å²) in [6, 6.07) is 19.7. The summed E-state index contributed by atoms with van der Waals surface area (Å²) in [5.74, 6) is 0.